The number of carbonyl (C=O) groups excluding carboxylic acids is 1. The smallest absolute Gasteiger partial charge is 0.246 e. The van der Waals surface area contributed by atoms with E-state index in [9.17, 15) is 13.2 Å². The summed E-state index contributed by atoms with van der Waals surface area (Å²) in [4.78, 5) is 17.0. The molecule has 2 fully saturated rings. The van der Waals surface area contributed by atoms with Gasteiger partial charge in [-0.25, -0.2) is 8.42 Å². The Labute approximate surface area is 198 Å². The number of hydrogen-bond donors (Lipinski definition) is 1. The molecule has 0 bridgehead atoms. The second kappa shape index (κ2) is 12.0. The largest absolute Gasteiger partial charge is 0.497 e. The molecule has 0 radical (unpaired) electrons. The zero-order valence-electron chi connectivity index (χ0n) is 20.1. The maximum absolute atomic E-state index is 13.8. The van der Waals surface area contributed by atoms with Gasteiger partial charge in [0.15, 0.2) is 0 Å². The Morgan fingerprint density at radius 2 is 1.88 bits per heavy atom. The van der Waals surface area contributed by atoms with E-state index in [1.54, 1.807) is 17.0 Å². The molecular weight excluding hydrogens is 444 g/mol. The Balaban J connectivity index is 1.80. The van der Waals surface area contributed by atoms with Crippen molar-refractivity contribution in [1.82, 2.24) is 19.4 Å². The molecular formula is C23H38N4O5S. The second-order valence-electron chi connectivity index (χ2n) is 8.68. The Morgan fingerprint density at radius 3 is 2.55 bits per heavy atom. The van der Waals surface area contributed by atoms with Crippen molar-refractivity contribution in [3.8, 4) is 11.5 Å². The van der Waals surface area contributed by atoms with E-state index >= 15 is 0 Å². The first-order valence-electron chi connectivity index (χ1n) is 11.8. The minimum Gasteiger partial charge on any atom is -0.497 e. The minimum absolute atomic E-state index is 0.0133. The lowest BCUT2D eigenvalue weighted by Gasteiger charge is -2.35. The van der Waals surface area contributed by atoms with E-state index in [1.165, 1.54) is 31.0 Å². The van der Waals surface area contributed by atoms with E-state index in [0.717, 1.165) is 32.5 Å². The molecule has 0 saturated carbocycles. The fourth-order valence-corrected chi connectivity index (χ4v) is 6.10. The molecule has 1 aromatic rings. The van der Waals surface area contributed by atoms with Gasteiger partial charge < -0.3 is 19.7 Å². The predicted octanol–water partition coefficient (Wildman–Crippen LogP) is 1.39. The summed E-state index contributed by atoms with van der Waals surface area (Å²) in [7, 11) is -0.950. The molecule has 0 spiro atoms. The SMILES string of the molecule is COc1ccc(OC)c(S(=O)(=O)N(CCC(=O)N2CCNCC2)CCN2CCCC[C@@H]2C)c1. The van der Waals surface area contributed by atoms with Crippen molar-refractivity contribution in [2.24, 2.45) is 0 Å². The standard InChI is InChI=1S/C23H38N4O5S/c1-19-6-4-5-12-25(19)16-17-27(13-9-23(28)26-14-10-24-11-15-26)33(29,30)22-18-20(31-2)7-8-21(22)32-3/h7-8,18-19,24H,4-6,9-17H2,1-3H3/t19-/m0/s1. The normalized spacial score (nSPS) is 20.1. The monoisotopic (exact) mass is 482 g/mol. The van der Waals surface area contributed by atoms with Gasteiger partial charge in [0.1, 0.15) is 16.4 Å². The number of piperazine rings is 1. The lowest BCUT2D eigenvalue weighted by molar-refractivity contribution is -0.131. The quantitative estimate of drug-likeness (QED) is 0.539. The van der Waals surface area contributed by atoms with E-state index in [0.29, 0.717) is 38.0 Å². The highest BCUT2D eigenvalue weighted by Gasteiger charge is 2.30. The summed E-state index contributed by atoms with van der Waals surface area (Å²) < 4.78 is 39.6. The fourth-order valence-electron chi connectivity index (χ4n) is 4.50. The Morgan fingerprint density at radius 1 is 1.12 bits per heavy atom. The van der Waals surface area contributed by atoms with Gasteiger partial charge in [0.05, 0.1) is 14.2 Å². The molecule has 9 nitrogen and oxygen atoms in total. The maximum atomic E-state index is 13.8. The van der Waals surface area contributed by atoms with Crippen molar-refractivity contribution < 1.29 is 22.7 Å². The zero-order valence-corrected chi connectivity index (χ0v) is 20.9. The summed E-state index contributed by atoms with van der Waals surface area (Å²) >= 11 is 0. The first-order valence-corrected chi connectivity index (χ1v) is 13.3. The molecule has 2 aliphatic rings. The Kier molecular flexibility index (Phi) is 9.37. The summed E-state index contributed by atoms with van der Waals surface area (Å²) in [6, 6.07) is 5.19. The summed E-state index contributed by atoms with van der Waals surface area (Å²) in [6.45, 7) is 7.09. The zero-order chi connectivity index (χ0) is 23.8. The number of benzene rings is 1. The molecule has 0 aromatic heterocycles. The average Bonchev–Trinajstić information content (AvgIpc) is 2.84. The number of nitrogens with one attached hydrogen (secondary N) is 1. The first kappa shape index (κ1) is 25.7. The minimum atomic E-state index is -3.90. The number of sulfonamides is 1. The highest BCUT2D eigenvalue weighted by Crippen LogP contribution is 2.31. The number of likely N-dealkylation sites (tertiary alicyclic amines) is 1. The Bertz CT molecular complexity index is 889. The highest BCUT2D eigenvalue weighted by molar-refractivity contribution is 7.89. The molecule has 33 heavy (non-hydrogen) atoms. The van der Waals surface area contributed by atoms with Crippen molar-refractivity contribution in [2.75, 3.05) is 66.6 Å². The van der Waals surface area contributed by atoms with E-state index in [-0.39, 0.29) is 29.5 Å². The molecule has 2 saturated heterocycles. The Hall–Kier alpha value is -1.88. The van der Waals surface area contributed by atoms with Crippen molar-refractivity contribution in [2.45, 2.75) is 43.5 Å². The van der Waals surface area contributed by atoms with Crippen LogP contribution in [0.15, 0.2) is 23.1 Å². The third kappa shape index (κ3) is 6.59. The third-order valence-corrected chi connectivity index (χ3v) is 8.53. The van der Waals surface area contributed by atoms with Crippen LogP contribution in [0.3, 0.4) is 0 Å². The van der Waals surface area contributed by atoms with Gasteiger partial charge in [0, 0.05) is 64.3 Å². The predicted molar refractivity (Wildman–Crippen MR) is 127 cm³/mol. The van der Waals surface area contributed by atoms with Crippen LogP contribution in [-0.2, 0) is 14.8 Å². The number of carbonyl (C=O) groups is 1. The summed E-state index contributed by atoms with van der Waals surface area (Å²) in [5, 5.41) is 3.23. The van der Waals surface area contributed by atoms with Crippen molar-refractivity contribution in [3.05, 3.63) is 18.2 Å². The second-order valence-corrected chi connectivity index (χ2v) is 10.6. The number of hydrogen-bond acceptors (Lipinski definition) is 7. The van der Waals surface area contributed by atoms with Gasteiger partial charge in [-0.3, -0.25) is 9.69 Å². The third-order valence-electron chi connectivity index (χ3n) is 6.61. The molecule has 186 valence electrons. The van der Waals surface area contributed by atoms with Crippen LogP contribution in [0, 0.1) is 0 Å². The van der Waals surface area contributed by atoms with Crippen LogP contribution >= 0.6 is 0 Å². The van der Waals surface area contributed by atoms with Crippen LogP contribution < -0.4 is 14.8 Å². The van der Waals surface area contributed by atoms with Crippen LogP contribution in [0.2, 0.25) is 0 Å². The van der Waals surface area contributed by atoms with Gasteiger partial charge >= 0.3 is 0 Å². The molecule has 1 atom stereocenters. The maximum Gasteiger partial charge on any atom is 0.246 e. The molecule has 2 aliphatic heterocycles. The number of nitrogens with zero attached hydrogens (tertiary/aromatic N) is 3. The molecule has 2 heterocycles. The average molecular weight is 483 g/mol. The van der Waals surface area contributed by atoms with Crippen LogP contribution in [0.25, 0.3) is 0 Å². The summed E-state index contributed by atoms with van der Waals surface area (Å²) in [5.41, 5.74) is 0. The molecule has 1 amide bonds. The van der Waals surface area contributed by atoms with E-state index in [2.05, 4.69) is 17.1 Å². The van der Waals surface area contributed by atoms with Crippen LogP contribution in [-0.4, -0.2) is 101 Å². The molecule has 0 unspecified atom stereocenters. The van der Waals surface area contributed by atoms with Gasteiger partial charge in [-0.1, -0.05) is 6.42 Å². The fraction of sp³-hybridized carbons (Fsp3) is 0.696. The number of rotatable bonds is 10. The number of methoxy groups -OCH3 is 2. The van der Waals surface area contributed by atoms with Gasteiger partial charge in [-0.2, -0.15) is 4.31 Å². The van der Waals surface area contributed by atoms with Gasteiger partial charge in [0.25, 0.3) is 0 Å². The van der Waals surface area contributed by atoms with E-state index in [4.69, 9.17) is 9.47 Å². The molecule has 3 rings (SSSR count). The lowest BCUT2D eigenvalue weighted by Crippen LogP contribution is -2.48. The molecule has 10 heteroatoms. The molecule has 1 aromatic carbocycles. The number of amides is 1. The van der Waals surface area contributed by atoms with Gasteiger partial charge in [0.2, 0.25) is 15.9 Å². The molecule has 0 aliphatic carbocycles. The topological polar surface area (TPSA) is 91.4 Å². The van der Waals surface area contributed by atoms with Crippen molar-refractivity contribution >= 4 is 15.9 Å². The number of piperidine rings is 1. The van der Waals surface area contributed by atoms with E-state index < -0.39 is 10.0 Å². The van der Waals surface area contributed by atoms with Crippen LogP contribution in [0.4, 0.5) is 0 Å². The summed E-state index contributed by atoms with van der Waals surface area (Å²) in [5.74, 6) is 0.692. The lowest BCUT2D eigenvalue weighted by atomic mass is 10.0. The number of ether oxygens (including phenoxy) is 2. The van der Waals surface area contributed by atoms with E-state index in [1.807, 2.05) is 0 Å². The van der Waals surface area contributed by atoms with Crippen LogP contribution in [0.5, 0.6) is 11.5 Å². The van der Waals surface area contributed by atoms with Gasteiger partial charge in [-0.15, -0.1) is 0 Å². The summed E-state index contributed by atoms with van der Waals surface area (Å²) in [6.07, 6.45) is 3.61. The molecule has 1 N–H and O–H groups in total. The van der Waals surface area contributed by atoms with Crippen LogP contribution in [0.1, 0.15) is 32.6 Å². The highest BCUT2D eigenvalue weighted by atomic mass is 32.2. The first-order chi connectivity index (χ1) is 15.9. The van der Waals surface area contributed by atoms with Crippen molar-refractivity contribution in [3.63, 3.8) is 0 Å². The van der Waals surface area contributed by atoms with Gasteiger partial charge in [-0.05, 0) is 38.4 Å². The van der Waals surface area contributed by atoms with Crippen molar-refractivity contribution in [1.29, 1.82) is 0 Å².